The second kappa shape index (κ2) is 4.43. The summed E-state index contributed by atoms with van der Waals surface area (Å²) in [6, 6.07) is 4.21. The van der Waals surface area contributed by atoms with Gasteiger partial charge in [0.05, 0.1) is 0 Å². The van der Waals surface area contributed by atoms with Crippen LogP contribution in [-0.2, 0) is 6.42 Å². The molecule has 0 aliphatic heterocycles. The molecular formula is C12H16BrN. The van der Waals surface area contributed by atoms with Crippen LogP contribution in [0.2, 0.25) is 0 Å². The molecule has 0 N–H and O–H groups in total. The van der Waals surface area contributed by atoms with Gasteiger partial charge in [0.1, 0.15) is 0 Å². The Bertz CT molecular complexity index is 282. The maximum atomic E-state index is 4.03. The highest BCUT2D eigenvalue weighted by molar-refractivity contribution is 9.09. The molecule has 0 saturated heterocycles. The van der Waals surface area contributed by atoms with E-state index in [2.05, 4.69) is 40.0 Å². The van der Waals surface area contributed by atoms with E-state index in [-0.39, 0.29) is 0 Å². The fourth-order valence-electron chi connectivity index (χ4n) is 1.85. The van der Waals surface area contributed by atoms with E-state index in [1.54, 1.807) is 0 Å². The Kier molecular flexibility index (Phi) is 3.22. The first-order chi connectivity index (χ1) is 6.77. The number of alkyl halides is 1. The van der Waals surface area contributed by atoms with Crippen LogP contribution in [0, 0.1) is 11.8 Å². The van der Waals surface area contributed by atoms with Crippen LogP contribution in [0.15, 0.2) is 24.5 Å². The lowest BCUT2D eigenvalue weighted by Crippen LogP contribution is -2.15. The zero-order chi connectivity index (χ0) is 9.97. The summed E-state index contributed by atoms with van der Waals surface area (Å²) in [5, 5.41) is 0. The summed E-state index contributed by atoms with van der Waals surface area (Å²) in [5.74, 6) is 1.78. The lowest BCUT2D eigenvalue weighted by atomic mass is 9.97. The average Bonchev–Trinajstić information content (AvgIpc) is 3.01. The largest absolute Gasteiger partial charge is 0.265 e. The fraction of sp³-hybridized carbons (Fsp3) is 0.583. The molecule has 1 saturated carbocycles. The van der Waals surface area contributed by atoms with Crippen molar-refractivity contribution in [3.05, 3.63) is 30.1 Å². The second-order valence-corrected chi connectivity index (χ2v) is 5.45. The van der Waals surface area contributed by atoms with E-state index in [1.807, 2.05) is 12.4 Å². The summed E-state index contributed by atoms with van der Waals surface area (Å²) in [7, 11) is 0. The predicted octanol–water partition coefficient (Wildman–Crippen LogP) is 3.43. The van der Waals surface area contributed by atoms with Gasteiger partial charge in [-0.15, -0.1) is 0 Å². The minimum absolute atomic E-state index is 0.623. The van der Waals surface area contributed by atoms with Gasteiger partial charge in [0.15, 0.2) is 0 Å². The van der Waals surface area contributed by atoms with E-state index in [0.717, 1.165) is 18.3 Å². The third-order valence-electron chi connectivity index (χ3n) is 3.12. The van der Waals surface area contributed by atoms with Crippen molar-refractivity contribution in [3.63, 3.8) is 0 Å². The van der Waals surface area contributed by atoms with Gasteiger partial charge in [0.25, 0.3) is 0 Å². The van der Waals surface area contributed by atoms with Crippen LogP contribution in [0.1, 0.15) is 25.3 Å². The van der Waals surface area contributed by atoms with E-state index >= 15 is 0 Å². The smallest absolute Gasteiger partial charge is 0.0270 e. The molecule has 0 aromatic carbocycles. The van der Waals surface area contributed by atoms with Crippen LogP contribution in [0.25, 0.3) is 0 Å². The van der Waals surface area contributed by atoms with Crippen molar-refractivity contribution in [2.75, 3.05) is 0 Å². The van der Waals surface area contributed by atoms with Gasteiger partial charge in [0.2, 0.25) is 0 Å². The third-order valence-corrected chi connectivity index (χ3v) is 4.27. The summed E-state index contributed by atoms with van der Waals surface area (Å²) < 4.78 is 0. The summed E-state index contributed by atoms with van der Waals surface area (Å²) in [6.45, 7) is 2.36. The zero-order valence-electron chi connectivity index (χ0n) is 8.49. The normalized spacial score (nSPS) is 20.4. The molecule has 0 radical (unpaired) electrons. The lowest BCUT2D eigenvalue weighted by molar-refractivity contribution is 0.490. The van der Waals surface area contributed by atoms with Crippen LogP contribution in [0.3, 0.4) is 0 Å². The predicted molar refractivity (Wildman–Crippen MR) is 62.5 cm³/mol. The van der Waals surface area contributed by atoms with Gasteiger partial charge in [-0.25, -0.2) is 0 Å². The number of rotatable bonds is 4. The summed E-state index contributed by atoms with van der Waals surface area (Å²) >= 11 is 3.80. The maximum absolute atomic E-state index is 4.03. The Morgan fingerprint density at radius 2 is 2.07 bits per heavy atom. The molecular weight excluding hydrogens is 238 g/mol. The molecule has 1 aliphatic rings. The van der Waals surface area contributed by atoms with Crippen molar-refractivity contribution in [3.8, 4) is 0 Å². The van der Waals surface area contributed by atoms with Crippen molar-refractivity contribution in [1.82, 2.24) is 4.98 Å². The molecule has 1 aromatic heterocycles. The first-order valence-electron chi connectivity index (χ1n) is 5.30. The highest BCUT2D eigenvalue weighted by Gasteiger charge is 2.31. The average molecular weight is 254 g/mol. The van der Waals surface area contributed by atoms with Gasteiger partial charge in [-0.05, 0) is 48.8 Å². The van der Waals surface area contributed by atoms with Crippen molar-refractivity contribution < 1.29 is 0 Å². The van der Waals surface area contributed by atoms with Crippen LogP contribution in [0.5, 0.6) is 0 Å². The zero-order valence-corrected chi connectivity index (χ0v) is 10.1. The Labute approximate surface area is 94.1 Å². The second-order valence-electron chi connectivity index (χ2n) is 4.27. The molecule has 1 heterocycles. The van der Waals surface area contributed by atoms with Gasteiger partial charge >= 0.3 is 0 Å². The SMILES string of the molecule is CC(C(Br)Cc1ccncc1)C1CC1. The van der Waals surface area contributed by atoms with Gasteiger partial charge in [-0.2, -0.15) is 0 Å². The molecule has 1 nitrogen and oxygen atoms in total. The Hall–Kier alpha value is -0.370. The van der Waals surface area contributed by atoms with E-state index in [1.165, 1.54) is 18.4 Å². The van der Waals surface area contributed by atoms with E-state index in [9.17, 15) is 0 Å². The number of hydrogen-bond donors (Lipinski definition) is 0. The summed E-state index contributed by atoms with van der Waals surface area (Å²) in [6.07, 6.45) is 7.73. The third kappa shape index (κ3) is 2.57. The highest BCUT2D eigenvalue weighted by atomic mass is 79.9. The van der Waals surface area contributed by atoms with Crippen molar-refractivity contribution in [1.29, 1.82) is 0 Å². The van der Waals surface area contributed by atoms with Crippen LogP contribution in [-0.4, -0.2) is 9.81 Å². The standard InChI is InChI=1S/C12H16BrN/c1-9(11-2-3-11)12(13)8-10-4-6-14-7-5-10/h4-7,9,11-12H,2-3,8H2,1H3. The Morgan fingerprint density at radius 1 is 1.43 bits per heavy atom. The lowest BCUT2D eigenvalue weighted by Gasteiger charge is -2.17. The van der Waals surface area contributed by atoms with Gasteiger partial charge in [-0.3, -0.25) is 4.98 Å². The molecule has 1 aliphatic carbocycles. The highest BCUT2D eigenvalue weighted by Crippen LogP contribution is 2.40. The molecule has 1 fully saturated rings. The molecule has 0 bridgehead atoms. The van der Waals surface area contributed by atoms with Gasteiger partial charge in [-0.1, -0.05) is 22.9 Å². The molecule has 14 heavy (non-hydrogen) atoms. The Balaban J connectivity index is 1.90. The van der Waals surface area contributed by atoms with Gasteiger partial charge in [0, 0.05) is 17.2 Å². The Morgan fingerprint density at radius 3 is 2.64 bits per heavy atom. The van der Waals surface area contributed by atoms with Crippen LogP contribution >= 0.6 is 15.9 Å². The van der Waals surface area contributed by atoms with Crippen LogP contribution < -0.4 is 0 Å². The fourth-order valence-corrected chi connectivity index (χ4v) is 2.65. The number of pyridine rings is 1. The van der Waals surface area contributed by atoms with Crippen molar-refractivity contribution in [2.45, 2.75) is 31.0 Å². The minimum Gasteiger partial charge on any atom is -0.265 e. The minimum atomic E-state index is 0.623. The van der Waals surface area contributed by atoms with E-state index in [0.29, 0.717) is 4.83 Å². The number of hydrogen-bond acceptors (Lipinski definition) is 1. The first-order valence-corrected chi connectivity index (χ1v) is 6.22. The molecule has 2 rings (SSSR count). The molecule has 0 spiro atoms. The summed E-state index contributed by atoms with van der Waals surface area (Å²) in [4.78, 5) is 4.65. The van der Waals surface area contributed by atoms with Crippen molar-refractivity contribution in [2.24, 2.45) is 11.8 Å². The first kappa shape index (κ1) is 10.2. The topological polar surface area (TPSA) is 12.9 Å². The molecule has 76 valence electrons. The molecule has 2 heteroatoms. The molecule has 2 atom stereocenters. The van der Waals surface area contributed by atoms with E-state index in [4.69, 9.17) is 0 Å². The number of halogens is 1. The summed E-state index contributed by atoms with van der Waals surface area (Å²) in [5.41, 5.74) is 1.38. The maximum Gasteiger partial charge on any atom is 0.0270 e. The molecule has 2 unspecified atom stereocenters. The van der Waals surface area contributed by atoms with Crippen molar-refractivity contribution >= 4 is 15.9 Å². The molecule has 0 amide bonds. The number of aromatic nitrogens is 1. The number of nitrogens with zero attached hydrogens (tertiary/aromatic N) is 1. The van der Waals surface area contributed by atoms with Crippen LogP contribution in [0.4, 0.5) is 0 Å². The monoisotopic (exact) mass is 253 g/mol. The van der Waals surface area contributed by atoms with E-state index < -0.39 is 0 Å². The quantitative estimate of drug-likeness (QED) is 0.750. The molecule has 1 aromatic rings. The van der Waals surface area contributed by atoms with Gasteiger partial charge < -0.3 is 0 Å².